The predicted molar refractivity (Wildman–Crippen MR) is 128 cm³/mol. The van der Waals surface area contributed by atoms with Gasteiger partial charge < -0.3 is 19.5 Å². The van der Waals surface area contributed by atoms with Gasteiger partial charge in [0.15, 0.2) is 11.5 Å². The highest BCUT2D eigenvalue weighted by Crippen LogP contribution is 2.36. The lowest BCUT2D eigenvalue weighted by Gasteiger charge is -2.14. The number of methoxy groups -OCH3 is 1. The molecule has 3 aromatic carbocycles. The van der Waals surface area contributed by atoms with Gasteiger partial charge in [0, 0.05) is 17.1 Å². The Labute approximate surface area is 200 Å². The maximum absolute atomic E-state index is 13.4. The van der Waals surface area contributed by atoms with Crippen molar-refractivity contribution >= 4 is 45.6 Å². The van der Waals surface area contributed by atoms with Gasteiger partial charge in [0.25, 0.3) is 0 Å². The number of fused-ring (bicyclic) bond motifs is 1. The summed E-state index contributed by atoms with van der Waals surface area (Å²) in [5.74, 6) is 2.20. The first-order valence-corrected chi connectivity index (χ1v) is 10.9. The lowest BCUT2D eigenvalue weighted by molar-refractivity contribution is 0.306. The number of hydrogen-bond donors (Lipinski definition) is 1. The minimum absolute atomic E-state index is 0.202. The monoisotopic (exact) mass is 487 g/mol. The van der Waals surface area contributed by atoms with E-state index in [4.69, 9.17) is 37.4 Å². The lowest BCUT2D eigenvalue weighted by atomic mass is 10.2. The molecule has 0 atom stereocenters. The summed E-state index contributed by atoms with van der Waals surface area (Å²) < 4.78 is 30.2. The third kappa shape index (κ3) is 5.56. The van der Waals surface area contributed by atoms with Crippen molar-refractivity contribution in [2.75, 3.05) is 24.9 Å². The lowest BCUT2D eigenvalue weighted by Crippen LogP contribution is -2.02. The molecule has 0 bridgehead atoms. The Hall–Kier alpha value is -3.29. The highest BCUT2D eigenvalue weighted by atomic mass is 35.5. The van der Waals surface area contributed by atoms with Crippen molar-refractivity contribution in [3.05, 3.63) is 77.3 Å². The molecule has 170 valence electrons. The largest absolute Gasteiger partial charge is 0.493 e. The molecule has 1 aromatic heterocycles. The average molecular weight is 488 g/mol. The molecule has 0 saturated heterocycles. The Balaban J connectivity index is 1.55. The molecule has 9 heteroatoms. The van der Waals surface area contributed by atoms with Crippen molar-refractivity contribution in [1.82, 2.24) is 9.97 Å². The second-order valence-electron chi connectivity index (χ2n) is 6.97. The minimum atomic E-state index is -0.312. The number of anilines is 2. The van der Waals surface area contributed by atoms with E-state index in [1.54, 1.807) is 43.5 Å². The van der Waals surface area contributed by atoms with Crippen LogP contribution in [0.3, 0.4) is 0 Å². The van der Waals surface area contributed by atoms with E-state index in [-0.39, 0.29) is 12.4 Å². The van der Waals surface area contributed by atoms with Gasteiger partial charge in [-0.25, -0.2) is 14.4 Å². The second kappa shape index (κ2) is 10.6. The quantitative estimate of drug-likeness (QED) is 0.276. The van der Waals surface area contributed by atoms with Crippen LogP contribution in [0, 0.1) is 5.82 Å². The Kier molecular flexibility index (Phi) is 7.32. The van der Waals surface area contributed by atoms with E-state index in [0.717, 1.165) is 5.39 Å². The summed E-state index contributed by atoms with van der Waals surface area (Å²) in [7, 11) is 1.56. The Morgan fingerprint density at radius 1 is 0.970 bits per heavy atom. The van der Waals surface area contributed by atoms with Gasteiger partial charge in [0.1, 0.15) is 36.9 Å². The molecular formula is C24H20Cl2FN3O3. The molecule has 0 spiro atoms. The number of halogens is 3. The van der Waals surface area contributed by atoms with Gasteiger partial charge in [0.2, 0.25) is 0 Å². The first-order chi connectivity index (χ1) is 16.1. The number of benzene rings is 3. The Morgan fingerprint density at radius 2 is 1.85 bits per heavy atom. The van der Waals surface area contributed by atoms with Crippen LogP contribution >= 0.6 is 23.2 Å². The summed E-state index contributed by atoms with van der Waals surface area (Å²) in [4.78, 5) is 8.68. The van der Waals surface area contributed by atoms with E-state index in [9.17, 15) is 4.39 Å². The van der Waals surface area contributed by atoms with E-state index >= 15 is 0 Å². The topological polar surface area (TPSA) is 65.5 Å². The third-order valence-electron chi connectivity index (χ3n) is 4.73. The molecule has 0 unspecified atom stereocenters. The Morgan fingerprint density at radius 3 is 2.61 bits per heavy atom. The molecule has 0 aliphatic heterocycles. The third-order valence-corrected chi connectivity index (χ3v) is 5.18. The molecule has 4 aromatic rings. The zero-order valence-corrected chi connectivity index (χ0v) is 19.2. The molecular weight excluding hydrogens is 468 g/mol. The highest BCUT2D eigenvalue weighted by Gasteiger charge is 2.13. The first kappa shape index (κ1) is 22.9. The van der Waals surface area contributed by atoms with Crippen LogP contribution in [0.4, 0.5) is 15.9 Å². The number of nitrogens with one attached hydrogen (secondary N) is 1. The van der Waals surface area contributed by atoms with Crippen LogP contribution in [0.15, 0.2) is 60.9 Å². The van der Waals surface area contributed by atoms with Crippen molar-refractivity contribution < 1.29 is 18.6 Å². The number of aromatic nitrogens is 2. The summed E-state index contributed by atoms with van der Waals surface area (Å²) >= 11 is 12.2. The van der Waals surface area contributed by atoms with Crippen molar-refractivity contribution in [3.63, 3.8) is 0 Å². The molecule has 0 amide bonds. The van der Waals surface area contributed by atoms with Crippen LogP contribution in [0.2, 0.25) is 5.02 Å². The van der Waals surface area contributed by atoms with E-state index < -0.39 is 0 Å². The molecule has 6 nitrogen and oxygen atoms in total. The van der Waals surface area contributed by atoms with Crippen molar-refractivity contribution in [3.8, 4) is 17.2 Å². The van der Waals surface area contributed by atoms with Crippen LogP contribution in [-0.2, 0) is 6.61 Å². The molecule has 4 rings (SSSR count). The maximum atomic E-state index is 13.4. The van der Waals surface area contributed by atoms with Crippen molar-refractivity contribution in [2.24, 2.45) is 0 Å². The minimum Gasteiger partial charge on any atom is -0.493 e. The van der Waals surface area contributed by atoms with E-state index in [1.807, 2.05) is 6.07 Å². The van der Waals surface area contributed by atoms with Crippen LogP contribution < -0.4 is 19.5 Å². The van der Waals surface area contributed by atoms with Gasteiger partial charge >= 0.3 is 0 Å². The first-order valence-electron chi connectivity index (χ1n) is 10.0. The summed E-state index contributed by atoms with van der Waals surface area (Å²) in [5, 5.41) is 4.40. The van der Waals surface area contributed by atoms with Gasteiger partial charge in [-0.05, 0) is 42.0 Å². The molecule has 0 radical (unpaired) electrons. The predicted octanol–water partition coefficient (Wildman–Crippen LogP) is 6.37. The van der Waals surface area contributed by atoms with E-state index in [2.05, 4.69) is 15.3 Å². The fraction of sp³-hybridized carbons (Fsp3) is 0.167. The average Bonchev–Trinajstić information content (AvgIpc) is 2.82. The van der Waals surface area contributed by atoms with Crippen molar-refractivity contribution in [2.45, 2.75) is 6.61 Å². The number of rotatable bonds is 9. The molecule has 0 aliphatic rings. The fourth-order valence-electron chi connectivity index (χ4n) is 3.20. The fourth-order valence-corrected chi connectivity index (χ4v) is 3.52. The molecule has 1 heterocycles. The van der Waals surface area contributed by atoms with Gasteiger partial charge in [0.05, 0.1) is 23.5 Å². The smallest absolute Gasteiger partial charge is 0.162 e. The van der Waals surface area contributed by atoms with Crippen LogP contribution in [0.25, 0.3) is 10.9 Å². The number of nitrogens with zero attached hydrogens (tertiary/aromatic N) is 2. The van der Waals surface area contributed by atoms with Crippen molar-refractivity contribution in [1.29, 1.82) is 0 Å². The maximum Gasteiger partial charge on any atom is 0.162 e. The zero-order valence-electron chi connectivity index (χ0n) is 17.6. The highest BCUT2D eigenvalue weighted by molar-refractivity contribution is 6.32. The molecule has 0 fully saturated rings. The molecule has 0 aliphatic carbocycles. The van der Waals surface area contributed by atoms with Gasteiger partial charge in [-0.1, -0.05) is 23.7 Å². The van der Waals surface area contributed by atoms with Crippen LogP contribution in [0.1, 0.15) is 5.56 Å². The van der Waals surface area contributed by atoms with Crippen LogP contribution in [-0.4, -0.2) is 29.6 Å². The Bertz CT molecular complexity index is 1270. The zero-order chi connectivity index (χ0) is 23.2. The van der Waals surface area contributed by atoms with Crippen LogP contribution in [0.5, 0.6) is 17.2 Å². The summed E-state index contributed by atoms with van der Waals surface area (Å²) in [6.07, 6.45) is 1.46. The number of alkyl halides is 1. The summed E-state index contributed by atoms with van der Waals surface area (Å²) in [6, 6.07) is 15.1. The normalized spacial score (nSPS) is 10.8. The van der Waals surface area contributed by atoms with E-state index in [0.29, 0.717) is 57.3 Å². The summed E-state index contributed by atoms with van der Waals surface area (Å²) in [6.45, 7) is 0.542. The van der Waals surface area contributed by atoms with E-state index in [1.165, 1.54) is 18.5 Å². The number of hydrogen-bond acceptors (Lipinski definition) is 6. The number of ether oxygens (including phenoxy) is 3. The SMILES string of the molecule is COc1cc2ncnc(Nc3ccc(OCc4cccc(F)c4)c(Cl)c3)c2cc1OCCCl. The molecule has 0 saturated carbocycles. The second-order valence-corrected chi connectivity index (χ2v) is 7.75. The molecule has 33 heavy (non-hydrogen) atoms. The summed E-state index contributed by atoms with van der Waals surface area (Å²) in [5.41, 5.74) is 2.10. The standard InChI is InChI=1S/C24H20Cl2FN3O3/c1-31-22-12-20-18(11-23(22)32-8-7-25)24(29-14-28-20)30-17-5-6-21(19(26)10-17)33-13-15-3-2-4-16(27)9-15/h2-6,9-12,14H,7-8,13H2,1H3,(H,28,29,30). The molecule has 1 N–H and O–H groups in total. The van der Waals surface area contributed by atoms with Gasteiger partial charge in [-0.15, -0.1) is 11.6 Å². The van der Waals surface area contributed by atoms with Gasteiger partial charge in [-0.2, -0.15) is 0 Å². The van der Waals surface area contributed by atoms with Gasteiger partial charge in [-0.3, -0.25) is 0 Å².